The van der Waals surface area contributed by atoms with Crippen molar-refractivity contribution in [3.05, 3.63) is 36.2 Å². The molecule has 2 saturated heterocycles. The van der Waals surface area contributed by atoms with Crippen LogP contribution in [0.2, 0.25) is 0 Å². The van der Waals surface area contributed by atoms with Crippen molar-refractivity contribution in [3.8, 4) is 34.1 Å². The normalized spacial score (nSPS) is 24.0. The van der Waals surface area contributed by atoms with Crippen molar-refractivity contribution in [3.63, 3.8) is 0 Å². The van der Waals surface area contributed by atoms with Gasteiger partial charge in [0.1, 0.15) is 23.4 Å². The number of aromatic nitrogens is 5. The van der Waals surface area contributed by atoms with Crippen LogP contribution in [0.1, 0.15) is 25.0 Å². The number of aromatic hydroxyl groups is 1. The zero-order chi connectivity index (χ0) is 23.1. The maximum absolute atomic E-state index is 14.9. The summed E-state index contributed by atoms with van der Waals surface area (Å²) >= 11 is 0. The highest BCUT2D eigenvalue weighted by molar-refractivity contribution is 5.71. The predicted octanol–water partition coefficient (Wildman–Crippen LogP) is 2.69. The largest absolute Gasteiger partial charge is 0.507 e. The number of fused-ring (bicyclic) bond motifs is 2. The van der Waals surface area contributed by atoms with Crippen molar-refractivity contribution < 1.29 is 14.2 Å². The van der Waals surface area contributed by atoms with Crippen molar-refractivity contribution in [2.75, 3.05) is 19.1 Å². The summed E-state index contributed by atoms with van der Waals surface area (Å²) in [7, 11) is 3.40. The molecule has 1 aromatic carbocycles. The molecule has 2 aliphatic rings. The summed E-state index contributed by atoms with van der Waals surface area (Å²) in [6, 6.07) is 6.86. The highest BCUT2D eigenvalue weighted by atomic mass is 19.1. The number of phenolic OH excluding ortho intramolecular Hbond substituents is 1. The molecule has 0 aliphatic carbocycles. The number of nitrogens with one attached hydrogen (secondary N) is 1. The third kappa shape index (κ3) is 3.95. The summed E-state index contributed by atoms with van der Waals surface area (Å²) in [5.74, 6) is 1.40. The van der Waals surface area contributed by atoms with Crippen LogP contribution in [0.3, 0.4) is 0 Å². The Hall–Kier alpha value is -3.40. The number of methoxy groups -OCH3 is 1. The minimum Gasteiger partial charge on any atom is -0.507 e. The van der Waals surface area contributed by atoms with Gasteiger partial charge in [0.15, 0.2) is 11.6 Å². The van der Waals surface area contributed by atoms with Crippen LogP contribution in [-0.2, 0) is 0 Å². The molecule has 5 rings (SSSR count). The van der Waals surface area contributed by atoms with E-state index in [4.69, 9.17) is 4.74 Å². The molecule has 4 atom stereocenters. The van der Waals surface area contributed by atoms with Crippen LogP contribution in [-0.4, -0.2) is 68.9 Å². The van der Waals surface area contributed by atoms with E-state index in [9.17, 15) is 9.50 Å². The first kappa shape index (κ1) is 21.4. The number of piperidine rings is 1. The van der Waals surface area contributed by atoms with Gasteiger partial charge in [0.2, 0.25) is 0 Å². The molecule has 9 nitrogen and oxygen atoms in total. The second kappa shape index (κ2) is 8.51. The Bertz CT molecular complexity index is 1160. The first-order valence-corrected chi connectivity index (χ1v) is 11.0. The van der Waals surface area contributed by atoms with Crippen LogP contribution in [0, 0.1) is 6.92 Å². The summed E-state index contributed by atoms with van der Waals surface area (Å²) < 4.78 is 20.2. The van der Waals surface area contributed by atoms with Gasteiger partial charge in [-0.05, 0) is 38.3 Å². The highest BCUT2D eigenvalue weighted by Crippen LogP contribution is 2.34. The number of aryl methyl sites for hydroxylation is 1. The van der Waals surface area contributed by atoms with E-state index in [1.807, 2.05) is 18.9 Å². The fourth-order valence-electron chi connectivity index (χ4n) is 4.74. The molecule has 0 spiro atoms. The zero-order valence-corrected chi connectivity index (χ0v) is 18.7. The Morgan fingerprint density at radius 2 is 2.00 bits per heavy atom. The van der Waals surface area contributed by atoms with Gasteiger partial charge in [-0.15, -0.1) is 15.3 Å². The Morgan fingerprint density at radius 1 is 1.15 bits per heavy atom. The van der Waals surface area contributed by atoms with E-state index in [-0.39, 0.29) is 23.7 Å². The lowest BCUT2D eigenvalue weighted by atomic mass is 9.96. The second-order valence-electron chi connectivity index (χ2n) is 8.66. The molecule has 2 N–H and O–H groups in total. The van der Waals surface area contributed by atoms with Gasteiger partial charge < -0.3 is 20.1 Å². The number of nitrogens with zero attached hydrogens (tertiary/aromatic N) is 6. The number of benzene rings is 1. The van der Waals surface area contributed by atoms with Crippen LogP contribution in [0.4, 0.5) is 10.2 Å². The van der Waals surface area contributed by atoms with Gasteiger partial charge in [-0.3, -0.25) is 0 Å². The van der Waals surface area contributed by atoms with E-state index in [1.54, 1.807) is 37.6 Å². The number of halogens is 1. The Labute approximate surface area is 191 Å². The molecular weight excluding hydrogens is 425 g/mol. The van der Waals surface area contributed by atoms with Crippen molar-refractivity contribution >= 4 is 5.82 Å². The third-order valence-corrected chi connectivity index (χ3v) is 6.65. The first-order valence-electron chi connectivity index (χ1n) is 11.0. The average molecular weight is 452 g/mol. The molecule has 2 fully saturated rings. The molecule has 3 aromatic rings. The SMILES string of the molecule is COc1cc(-c2ccc(-c3ncc(N(C)[C@H]4C[C@@H]5CC[C@@H](N5)[C@H]4F)nn3)c(O)c2)nnc1C. The lowest BCUT2D eigenvalue weighted by Crippen LogP contribution is -2.55. The molecule has 2 aliphatic heterocycles. The van der Waals surface area contributed by atoms with Crippen LogP contribution < -0.4 is 15.0 Å². The summed E-state index contributed by atoms with van der Waals surface area (Å²) in [4.78, 5) is 6.21. The standard InChI is InChI=1S/C23H26FN7O2/c1-12-20(33-3)10-17(28-27-12)13-4-6-15(19(32)8-13)23-25-11-21(29-30-23)31(2)18-9-14-5-7-16(26-14)22(18)24/h4,6,8,10-11,14,16,18,22,26,32H,5,7,9H2,1-3H3/t14-,16+,18-,22+/m0/s1. The monoisotopic (exact) mass is 451 g/mol. The lowest BCUT2D eigenvalue weighted by molar-refractivity contribution is 0.176. The fraction of sp³-hybridized carbons (Fsp3) is 0.435. The van der Waals surface area contributed by atoms with E-state index < -0.39 is 6.17 Å². The number of ether oxygens (including phenoxy) is 1. The van der Waals surface area contributed by atoms with Gasteiger partial charge in [-0.1, -0.05) is 6.07 Å². The topological polar surface area (TPSA) is 109 Å². The van der Waals surface area contributed by atoms with E-state index in [0.29, 0.717) is 40.1 Å². The highest BCUT2D eigenvalue weighted by Gasteiger charge is 2.43. The zero-order valence-electron chi connectivity index (χ0n) is 18.7. The fourth-order valence-corrected chi connectivity index (χ4v) is 4.74. The maximum atomic E-state index is 14.9. The number of phenols is 1. The Balaban J connectivity index is 1.36. The van der Waals surface area contributed by atoms with Crippen LogP contribution in [0.5, 0.6) is 11.5 Å². The molecule has 0 unspecified atom stereocenters. The van der Waals surface area contributed by atoms with Gasteiger partial charge in [-0.25, -0.2) is 9.37 Å². The smallest absolute Gasteiger partial charge is 0.185 e. The van der Waals surface area contributed by atoms with E-state index >= 15 is 0 Å². The quantitative estimate of drug-likeness (QED) is 0.605. The summed E-state index contributed by atoms with van der Waals surface area (Å²) in [5.41, 5.74) is 2.38. The van der Waals surface area contributed by atoms with Gasteiger partial charge in [0.05, 0.1) is 30.6 Å². The lowest BCUT2D eigenvalue weighted by Gasteiger charge is -2.38. The molecule has 33 heavy (non-hydrogen) atoms. The molecule has 2 bridgehead atoms. The summed E-state index contributed by atoms with van der Waals surface area (Å²) in [6.45, 7) is 1.81. The number of alkyl halides is 1. The minimum atomic E-state index is -0.963. The van der Waals surface area contributed by atoms with Crippen molar-refractivity contribution in [2.45, 2.75) is 50.5 Å². The number of anilines is 1. The molecule has 0 saturated carbocycles. The summed E-state index contributed by atoms with van der Waals surface area (Å²) in [6.07, 6.45) is 3.22. The first-order chi connectivity index (χ1) is 15.9. The number of rotatable bonds is 5. The van der Waals surface area contributed by atoms with Crippen molar-refractivity contribution in [1.82, 2.24) is 30.7 Å². The van der Waals surface area contributed by atoms with Gasteiger partial charge >= 0.3 is 0 Å². The van der Waals surface area contributed by atoms with Gasteiger partial charge in [-0.2, -0.15) is 5.10 Å². The Kier molecular flexibility index (Phi) is 5.53. The number of hydrogen-bond acceptors (Lipinski definition) is 9. The van der Waals surface area contributed by atoms with Gasteiger partial charge in [0, 0.05) is 30.8 Å². The number of hydrogen-bond donors (Lipinski definition) is 2. The molecular formula is C23H26FN7O2. The average Bonchev–Trinajstić information content (AvgIpc) is 3.25. The second-order valence-corrected chi connectivity index (χ2v) is 8.66. The van der Waals surface area contributed by atoms with Crippen LogP contribution in [0.25, 0.3) is 22.6 Å². The minimum absolute atomic E-state index is 0.00417. The molecule has 0 amide bonds. The molecule has 0 radical (unpaired) electrons. The van der Waals surface area contributed by atoms with E-state index in [2.05, 4.69) is 30.7 Å². The molecule has 10 heteroatoms. The van der Waals surface area contributed by atoms with Crippen LogP contribution in [0.15, 0.2) is 30.5 Å². The maximum Gasteiger partial charge on any atom is 0.185 e. The summed E-state index contributed by atoms with van der Waals surface area (Å²) in [5, 5.41) is 30.7. The van der Waals surface area contributed by atoms with E-state index in [0.717, 1.165) is 19.3 Å². The predicted molar refractivity (Wildman–Crippen MR) is 121 cm³/mol. The van der Waals surface area contributed by atoms with Crippen LogP contribution >= 0.6 is 0 Å². The van der Waals surface area contributed by atoms with Crippen molar-refractivity contribution in [2.24, 2.45) is 0 Å². The van der Waals surface area contributed by atoms with E-state index in [1.165, 1.54) is 0 Å². The Morgan fingerprint density at radius 3 is 2.73 bits per heavy atom. The third-order valence-electron chi connectivity index (χ3n) is 6.65. The molecule has 172 valence electrons. The molecule has 4 heterocycles. The van der Waals surface area contributed by atoms with Gasteiger partial charge in [0.25, 0.3) is 0 Å². The molecule has 2 aromatic heterocycles. The van der Waals surface area contributed by atoms with Crippen molar-refractivity contribution in [1.29, 1.82) is 0 Å².